The minimum atomic E-state index is 0.204. The van der Waals surface area contributed by atoms with Gasteiger partial charge < -0.3 is 15.4 Å². The van der Waals surface area contributed by atoms with Crippen LogP contribution < -0.4 is 15.4 Å². The first kappa shape index (κ1) is 11.9. The molecule has 0 aliphatic carbocycles. The summed E-state index contributed by atoms with van der Waals surface area (Å²) in [6, 6.07) is 0.274. The fourth-order valence-electron chi connectivity index (χ4n) is 2.19. The molecule has 0 unspecified atom stereocenters. The minimum Gasteiger partial charge on any atom is -0.467 e. The van der Waals surface area contributed by atoms with Crippen LogP contribution >= 0.6 is 0 Å². The summed E-state index contributed by atoms with van der Waals surface area (Å²) in [4.78, 5) is 14.4. The van der Waals surface area contributed by atoms with Crippen molar-refractivity contribution in [1.82, 2.24) is 15.0 Å². The molecular formula is C11H19N5O. The van der Waals surface area contributed by atoms with Crippen molar-refractivity contribution in [3.63, 3.8) is 0 Å². The van der Waals surface area contributed by atoms with Gasteiger partial charge in [0.05, 0.1) is 7.11 Å². The highest BCUT2D eigenvalue weighted by molar-refractivity contribution is 5.36. The first-order valence-electron chi connectivity index (χ1n) is 5.81. The molecule has 2 rings (SSSR count). The van der Waals surface area contributed by atoms with E-state index in [1.54, 1.807) is 0 Å². The number of anilines is 2. The van der Waals surface area contributed by atoms with E-state index in [0.29, 0.717) is 5.95 Å². The molecule has 94 valence electrons. The second-order valence-corrected chi connectivity index (χ2v) is 5.17. The molecule has 2 N–H and O–H groups in total. The number of nitrogens with two attached hydrogens (primary N) is 1. The van der Waals surface area contributed by atoms with Crippen LogP contribution in [-0.2, 0) is 0 Å². The molecule has 0 bridgehead atoms. The number of nitrogen functional groups attached to an aromatic ring is 1. The molecule has 17 heavy (non-hydrogen) atoms. The summed E-state index contributed by atoms with van der Waals surface area (Å²) in [7, 11) is 1.53. The lowest BCUT2D eigenvalue weighted by atomic mass is 9.84. The van der Waals surface area contributed by atoms with Crippen molar-refractivity contribution in [2.45, 2.75) is 26.7 Å². The number of rotatable bonds is 2. The third-order valence-corrected chi connectivity index (χ3v) is 2.99. The Bertz CT molecular complexity index is 407. The molecule has 1 saturated heterocycles. The number of hydrogen-bond acceptors (Lipinski definition) is 6. The topological polar surface area (TPSA) is 77.2 Å². The van der Waals surface area contributed by atoms with Gasteiger partial charge in [-0.25, -0.2) is 0 Å². The SMILES string of the molecule is COc1nc(N)nc(N2CCCC(C)(C)C2)n1. The van der Waals surface area contributed by atoms with Gasteiger partial charge in [0, 0.05) is 13.1 Å². The van der Waals surface area contributed by atoms with Crippen molar-refractivity contribution in [2.24, 2.45) is 5.41 Å². The summed E-state index contributed by atoms with van der Waals surface area (Å²) in [6.45, 7) is 6.39. The maximum absolute atomic E-state index is 5.64. The molecule has 1 aliphatic heterocycles. The van der Waals surface area contributed by atoms with Gasteiger partial charge >= 0.3 is 6.01 Å². The number of hydrogen-bond donors (Lipinski definition) is 1. The van der Waals surface area contributed by atoms with Crippen molar-refractivity contribution in [1.29, 1.82) is 0 Å². The second-order valence-electron chi connectivity index (χ2n) is 5.17. The van der Waals surface area contributed by atoms with Gasteiger partial charge in [0.1, 0.15) is 0 Å². The monoisotopic (exact) mass is 237 g/mol. The van der Waals surface area contributed by atoms with Gasteiger partial charge in [0.2, 0.25) is 11.9 Å². The summed E-state index contributed by atoms with van der Waals surface area (Å²) in [5.41, 5.74) is 5.92. The van der Waals surface area contributed by atoms with Gasteiger partial charge in [-0.05, 0) is 18.3 Å². The summed E-state index contributed by atoms with van der Waals surface area (Å²) in [6.07, 6.45) is 2.36. The van der Waals surface area contributed by atoms with Crippen molar-refractivity contribution < 1.29 is 4.74 Å². The van der Waals surface area contributed by atoms with E-state index in [1.807, 2.05) is 0 Å². The Morgan fingerprint density at radius 2 is 2.06 bits per heavy atom. The lowest BCUT2D eigenvalue weighted by Gasteiger charge is -2.37. The third kappa shape index (κ3) is 2.75. The Morgan fingerprint density at radius 3 is 2.71 bits per heavy atom. The molecule has 0 radical (unpaired) electrons. The Labute approximate surface area is 101 Å². The van der Waals surface area contributed by atoms with Gasteiger partial charge in [-0.15, -0.1) is 0 Å². The van der Waals surface area contributed by atoms with E-state index >= 15 is 0 Å². The highest BCUT2D eigenvalue weighted by atomic mass is 16.5. The van der Waals surface area contributed by atoms with Gasteiger partial charge in [0.25, 0.3) is 0 Å². The highest BCUT2D eigenvalue weighted by Gasteiger charge is 2.28. The summed E-state index contributed by atoms with van der Waals surface area (Å²) < 4.78 is 5.01. The predicted molar refractivity (Wildman–Crippen MR) is 66.0 cm³/mol. The maximum Gasteiger partial charge on any atom is 0.322 e. The fourth-order valence-corrected chi connectivity index (χ4v) is 2.19. The van der Waals surface area contributed by atoms with Crippen molar-refractivity contribution in [2.75, 3.05) is 30.8 Å². The molecule has 0 saturated carbocycles. The Morgan fingerprint density at radius 1 is 1.29 bits per heavy atom. The van der Waals surface area contributed by atoms with Crippen LogP contribution in [0.25, 0.3) is 0 Å². The van der Waals surface area contributed by atoms with Crippen LogP contribution in [-0.4, -0.2) is 35.2 Å². The second kappa shape index (κ2) is 4.35. The van der Waals surface area contributed by atoms with Crippen LogP contribution in [0.5, 0.6) is 6.01 Å². The molecule has 0 aromatic carbocycles. The maximum atomic E-state index is 5.64. The van der Waals surface area contributed by atoms with Crippen LogP contribution in [0.3, 0.4) is 0 Å². The number of ether oxygens (including phenoxy) is 1. The van der Waals surface area contributed by atoms with Gasteiger partial charge in [-0.3, -0.25) is 0 Å². The zero-order valence-corrected chi connectivity index (χ0v) is 10.6. The molecule has 0 atom stereocenters. The highest BCUT2D eigenvalue weighted by Crippen LogP contribution is 2.30. The first-order valence-corrected chi connectivity index (χ1v) is 5.81. The van der Waals surface area contributed by atoms with Crippen molar-refractivity contribution >= 4 is 11.9 Å². The van der Waals surface area contributed by atoms with E-state index in [4.69, 9.17) is 10.5 Å². The van der Waals surface area contributed by atoms with E-state index in [-0.39, 0.29) is 17.4 Å². The van der Waals surface area contributed by atoms with Crippen LogP contribution in [0.15, 0.2) is 0 Å². The van der Waals surface area contributed by atoms with E-state index in [1.165, 1.54) is 13.5 Å². The Balaban J connectivity index is 2.24. The van der Waals surface area contributed by atoms with Crippen LogP contribution in [0.2, 0.25) is 0 Å². The summed E-state index contributed by atoms with van der Waals surface area (Å²) in [5, 5.41) is 0. The average molecular weight is 237 g/mol. The summed E-state index contributed by atoms with van der Waals surface area (Å²) >= 11 is 0. The van der Waals surface area contributed by atoms with Crippen LogP contribution in [0, 0.1) is 5.41 Å². The largest absolute Gasteiger partial charge is 0.467 e. The minimum absolute atomic E-state index is 0.204. The quantitative estimate of drug-likeness (QED) is 0.829. The molecule has 1 aromatic rings. The van der Waals surface area contributed by atoms with Crippen LogP contribution in [0.1, 0.15) is 26.7 Å². The van der Waals surface area contributed by atoms with Gasteiger partial charge in [0.15, 0.2) is 0 Å². The molecule has 2 heterocycles. The van der Waals surface area contributed by atoms with Crippen LogP contribution in [0.4, 0.5) is 11.9 Å². The molecule has 6 nitrogen and oxygen atoms in total. The molecule has 0 amide bonds. The zero-order chi connectivity index (χ0) is 12.5. The average Bonchev–Trinajstić information content (AvgIpc) is 2.27. The lowest BCUT2D eigenvalue weighted by Crippen LogP contribution is -2.41. The molecule has 6 heteroatoms. The molecule has 1 aromatic heterocycles. The smallest absolute Gasteiger partial charge is 0.322 e. The number of piperidine rings is 1. The normalized spacial score (nSPS) is 19.1. The molecular weight excluding hydrogens is 218 g/mol. The van der Waals surface area contributed by atoms with Crippen molar-refractivity contribution in [3.8, 4) is 6.01 Å². The zero-order valence-electron chi connectivity index (χ0n) is 10.6. The Kier molecular flexibility index (Phi) is 3.04. The number of nitrogens with zero attached hydrogens (tertiary/aromatic N) is 4. The van der Waals surface area contributed by atoms with E-state index in [2.05, 4.69) is 33.7 Å². The lowest BCUT2D eigenvalue weighted by molar-refractivity contribution is 0.289. The van der Waals surface area contributed by atoms with E-state index in [0.717, 1.165) is 19.5 Å². The number of methoxy groups -OCH3 is 1. The first-order chi connectivity index (χ1) is 8.00. The van der Waals surface area contributed by atoms with E-state index in [9.17, 15) is 0 Å². The van der Waals surface area contributed by atoms with Crippen molar-refractivity contribution in [3.05, 3.63) is 0 Å². The van der Waals surface area contributed by atoms with Gasteiger partial charge in [-0.1, -0.05) is 13.8 Å². The predicted octanol–water partition coefficient (Wildman–Crippen LogP) is 1.09. The third-order valence-electron chi connectivity index (χ3n) is 2.99. The molecule has 1 aliphatic rings. The Hall–Kier alpha value is -1.59. The number of aromatic nitrogens is 3. The standard InChI is InChI=1S/C11H19N5O/c1-11(2)5-4-6-16(7-11)9-13-8(12)14-10(15-9)17-3/h4-7H2,1-3H3,(H2,12,13,14,15). The van der Waals surface area contributed by atoms with Gasteiger partial charge in [-0.2, -0.15) is 15.0 Å². The fraction of sp³-hybridized carbons (Fsp3) is 0.727. The summed E-state index contributed by atoms with van der Waals surface area (Å²) in [5.74, 6) is 0.817. The van der Waals surface area contributed by atoms with E-state index < -0.39 is 0 Å². The molecule has 1 fully saturated rings. The molecule has 0 spiro atoms.